The summed E-state index contributed by atoms with van der Waals surface area (Å²) in [7, 11) is 1.89. The van der Waals surface area contributed by atoms with Gasteiger partial charge in [0.1, 0.15) is 0 Å². The molecule has 0 aromatic heterocycles. The van der Waals surface area contributed by atoms with Gasteiger partial charge in [-0.1, -0.05) is 24.3 Å². The Balaban J connectivity index is 1.93. The van der Waals surface area contributed by atoms with Crippen LogP contribution in [0.15, 0.2) is 24.3 Å². The van der Waals surface area contributed by atoms with E-state index in [4.69, 9.17) is 4.74 Å². The minimum absolute atomic E-state index is 0.227. The first-order chi connectivity index (χ1) is 8.20. The molecule has 0 spiro atoms. The number of methoxy groups -OCH3 is 1. The van der Waals surface area contributed by atoms with Crippen LogP contribution in [0.2, 0.25) is 0 Å². The van der Waals surface area contributed by atoms with Gasteiger partial charge in [0.15, 0.2) is 0 Å². The lowest BCUT2D eigenvalue weighted by atomic mass is 9.55. The van der Waals surface area contributed by atoms with Gasteiger partial charge < -0.3 is 4.74 Å². The minimum atomic E-state index is 0.227. The first kappa shape index (κ1) is 11.3. The number of fused-ring (bicyclic) bond motifs is 3. The first-order valence-electron chi connectivity index (χ1n) is 6.81. The Morgan fingerprint density at radius 3 is 2.06 bits per heavy atom. The lowest BCUT2D eigenvalue weighted by molar-refractivity contribution is -0.0956. The van der Waals surface area contributed by atoms with Crippen molar-refractivity contribution in [2.45, 2.75) is 56.5 Å². The van der Waals surface area contributed by atoms with Crippen molar-refractivity contribution >= 4 is 0 Å². The monoisotopic (exact) mass is 230 g/mol. The van der Waals surface area contributed by atoms with Gasteiger partial charge in [-0.25, -0.2) is 0 Å². The molecule has 3 saturated carbocycles. The molecule has 1 nitrogen and oxygen atoms in total. The predicted molar refractivity (Wildman–Crippen MR) is 70.3 cm³/mol. The Kier molecular flexibility index (Phi) is 2.55. The van der Waals surface area contributed by atoms with Gasteiger partial charge >= 0.3 is 0 Å². The van der Waals surface area contributed by atoms with Crippen LogP contribution in [0.1, 0.15) is 49.7 Å². The molecule has 3 aliphatic rings. The van der Waals surface area contributed by atoms with E-state index in [2.05, 4.69) is 31.2 Å². The maximum atomic E-state index is 5.78. The summed E-state index contributed by atoms with van der Waals surface area (Å²) in [5.74, 6) is 0. The van der Waals surface area contributed by atoms with Gasteiger partial charge in [0.25, 0.3) is 0 Å². The largest absolute Gasteiger partial charge is 0.378 e. The second kappa shape index (κ2) is 3.84. The summed E-state index contributed by atoms with van der Waals surface area (Å²) in [5, 5.41) is 0. The molecule has 1 heteroatoms. The highest BCUT2D eigenvalue weighted by Crippen LogP contribution is 2.55. The molecular formula is C16H22O. The van der Waals surface area contributed by atoms with Gasteiger partial charge in [-0.05, 0) is 62.0 Å². The number of aryl methyl sites for hydroxylation is 1. The number of benzene rings is 1. The smallest absolute Gasteiger partial charge is 0.0679 e. The third-order valence-electron chi connectivity index (χ3n) is 5.33. The molecule has 92 valence electrons. The summed E-state index contributed by atoms with van der Waals surface area (Å²) in [5.41, 5.74) is 3.76. The molecule has 0 radical (unpaired) electrons. The Hall–Kier alpha value is -0.820. The van der Waals surface area contributed by atoms with E-state index in [1.165, 1.54) is 44.1 Å². The van der Waals surface area contributed by atoms with Crippen molar-refractivity contribution < 1.29 is 4.74 Å². The Labute approximate surface area is 104 Å². The van der Waals surface area contributed by atoms with Crippen LogP contribution in [-0.4, -0.2) is 12.7 Å². The van der Waals surface area contributed by atoms with Crippen molar-refractivity contribution in [2.75, 3.05) is 7.11 Å². The van der Waals surface area contributed by atoms with Crippen molar-refractivity contribution in [2.24, 2.45) is 0 Å². The normalized spacial score (nSPS) is 36.1. The third kappa shape index (κ3) is 1.63. The van der Waals surface area contributed by atoms with Gasteiger partial charge in [0.05, 0.1) is 5.60 Å². The van der Waals surface area contributed by atoms with Crippen LogP contribution in [0.3, 0.4) is 0 Å². The highest BCUT2D eigenvalue weighted by molar-refractivity contribution is 5.35. The first-order valence-corrected chi connectivity index (χ1v) is 6.81. The quantitative estimate of drug-likeness (QED) is 0.746. The van der Waals surface area contributed by atoms with Crippen LogP contribution in [0.5, 0.6) is 0 Å². The molecule has 1 aromatic rings. The second-order valence-electron chi connectivity index (χ2n) is 5.98. The van der Waals surface area contributed by atoms with Gasteiger partial charge in [-0.15, -0.1) is 0 Å². The zero-order valence-electron chi connectivity index (χ0n) is 11.0. The third-order valence-corrected chi connectivity index (χ3v) is 5.33. The summed E-state index contributed by atoms with van der Waals surface area (Å²) in [4.78, 5) is 0. The average Bonchev–Trinajstić information content (AvgIpc) is 2.41. The summed E-state index contributed by atoms with van der Waals surface area (Å²) in [6, 6.07) is 8.96. The molecule has 0 amide bonds. The van der Waals surface area contributed by atoms with Crippen LogP contribution in [-0.2, 0) is 10.2 Å². The van der Waals surface area contributed by atoms with E-state index >= 15 is 0 Å². The van der Waals surface area contributed by atoms with Crippen molar-refractivity contribution in [1.82, 2.24) is 0 Å². The van der Waals surface area contributed by atoms with Crippen molar-refractivity contribution in [1.29, 1.82) is 0 Å². The minimum Gasteiger partial charge on any atom is -0.378 e. The van der Waals surface area contributed by atoms with Crippen molar-refractivity contribution in [3.63, 3.8) is 0 Å². The molecule has 0 aliphatic heterocycles. The number of ether oxygens (including phenoxy) is 1. The highest BCUT2D eigenvalue weighted by atomic mass is 16.5. The van der Waals surface area contributed by atoms with E-state index in [0.29, 0.717) is 5.41 Å². The zero-order valence-corrected chi connectivity index (χ0v) is 11.0. The van der Waals surface area contributed by atoms with E-state index in [1.54, 1.807) is 5.56 Å². The van der Waals surface area contributed by atoms with Gasteiger partial charge in [0.2, 0.25) is 0 Å². The van der Waals surface area contributed by atoms with E-state index in [9.17, 15) is 0 Å². The fourth-order valence-electron chi connectivity index (χ4n) is 4.03. The summed E-state index contributed by atoms with van der Waals surface area (Å²) in [6.45, 7) is 2.26. The second-order valence-corrected chi connectivity index (χ2v) is 5.98. The molecule has 17 heavy (non-hydrogen) atoms. The average molecular weight is 230 g/mol. The molecular weight excluding hydrogens is 208 g/mol. The maximum absolute atomic E-state index is 5.78. The van der Waals surface area contributed by atoms with Crippen molar-refractivity contribution in [3.05, 3.63) is 35.4 Å². The summed E-state index contributed by atoms with van der Waals surface area (Å²) in [6.07, 6.45) is 7.68. The van der Waals surface area contributed by atoms with Crippen LogP contribution in [0.4, 0.5) is 0 Å². The van der Waals surface area contributed by atoms with Crippen LogP contribution in [0.25, 0.3) is 0 Å². The number of rotatable bonds is 2. The fraction of sp³-hybridized carbons (Fsp3) is 0.625. The predicted octanol–water partition coefficient (Wildman–Crippen LogP) is 3.99. The molecule has 0 atom stereocenters. The number of hydrogen-bond donors (Lipinski definition) is 0. The molecule has 4 rings (SSSR count). The van der Waals surface area contributed by atoms with Crippen molar-refractivity contribution in [3.8, 4) is 0 Å². The van der Waals surface area contributed by atoms with Crippen LogP contribution >= 0.6 is 0 Å². The highest BCUT2D eigenvalue weighted by Gasteiger charge is 2.49. The van der Waals surface area contributed by atoms with Gasteiger partial charge in [-0.2, -0.15) is 0 Å². The fourth-order valence-corrected chi connectivity index (χ4v) is 4.03. The summed E-state index contributed by atoms with van der Waals surface area (Å²) < 4.78 is 5.78. The molecule has 1 aromatic carbocycles. The molecule has 0 N–H and O–H groups in total. The molecule has 0 unspecified atom stereocenters. The zero-order chi connectivity index (χ0) is 11.9. The molecule has 0 heterocycles. The van der Waals surface area contributed by atoms with E-state index in [-0.39, 0.29) is 5.60 Å². The lowest BCUT2D eigenvalue weighted by Crippen LogP contribution is -2.49. The molecule has 3 fully saturated rings. The molecule has 0 saturated heterocycles. The van der Waals surface area contributed by atoms with Crippen LogP contribution < -0.4 is 0 Å². The van der Waals surface area contributed by atoms with E-state index in [0.717, 1.165) is 0 Å². The maximum Gasteiger partial charge on any atom is 0.0679 e. The number of hydrogen-bond acceptors (Lipinski definition) is 1. The van der Waals surface area contributed by atoms with E-state index < -0.39 is 0 Å². The van der Waals surface area contributed by atoms with Gasteiger partial charge in [-0.3, -0.25) is 0 Å². The van der Waals surface area contributed by atoms with Crippen LogP contribution in [0, 0.1) is 6.92 Å². The Morgan fingerprint density at radius 1 is 0.941 bits per heavy atom. The Bertz CT molecular complexity index is 397. The van der Waals surface area contributed by atoms with Gasteiger partial charge in [0, 0.05) is 7.11 Å². The lowest BCUT2D eigenvalue weighted by Gasteiger charge is -2.53. The summed E-state index contributed by atoms with van der Waals surface area (Å²) >= 11 is 0. The molecule has 2 bridgehead atoms. The SMILES string of the molecule is COC12CCC(c3ccccc3C)(CC1)CC2. The molecule has 3 aliphatic carbocycles. The topological polar surface area (TPSA) is 9.23 Å². The standard InChI is InChI=1S/C16H22O/c1-13-5-3-4-6-14(13)15-7-10-16(17-2,11-8-15)12-9-15/h3-6H,7-12H2,1-2H3. The van der Waals surface area contributed by atoms with E-state index in [1.807, 2.05) is 7.11 Å². The Morgan fingerprint density at radius 2 is 1.53 bits per heavy atom.